The van der Waals surface area contributed by atoms with Gasteiger partial charge in [0.2, 0.25) is 0 Å². The van der Waals surface area contributed by atoms with E-state index in [2.05, 4.69) is 13.8 Å². The Morgan fingerprint density at radius 3 is 2.33 bits per heavy atom. The quantitative estimate of drug-likeness (QED) is 0.720. The van der Waals surface area contributed by atoms with Crippen LogP contribution in [0.25, 0.3) is 0 Å². The van der Waals surface area contributed by atoms with Gasteiger partial charge in [-0.15, -0.1) is 0 Å². The first-order chi connectivity index (χ1) is 10.0. The number of rotatable bonds is 6. The Bertz CT molecular complexity index is 528. The molecule has 3 nitrogen and oxygen atoms in total. The van der Waals surface area contributed by atoms with Gasteiger partial charge in [0.15, 0.2) is 0 Å². The third-order valence-corrected chi connectivity index (χ3v) is 5.65. The van der Waals surface area contributed by atoms with Crippen LogP contribution in [0.1, 0.15) is 70.3 Å². The second-order valence-electron chi connectivity index (χ2n) is 6.07. The summed E-state index contributed by atoms with van der Waals surface area (Å²) in [7, 11) is -3.61. The molecule has 118 valence electrons. The highest BCUT2D eigenvalue weighted by Gasteiger charge is 2.23. The first-order valence-electron chi connectivity index (χ1n) is 8.06. The fraction of sp³-hybridized carbons (Fsp3) is 0.647. The Morgan fingerprint density at radius 1 is 1.14 bits per heavy atom. The summed E-state index contributed by atoms with van der Waals surface area (Å²) < 4.78 is 30.0. The Kier molecular flexibility index (Phi) is 5.82. The predicted molar refractivity (Wildman–Crippen MR) is 84.9 cm³/mol. The topological polar surface area (TPSA) is 43.4 Å². The van der Waals surface area contributed by atoms with E-state index in [1.807, 2.05) is 12.1 Å². The average Bonchev–Trinajstić information content (AvgIpc) is 2.48. The summed E-state index contributed by atoms with van der Waals surface area (Å²) >= 11 is 0. The van der Waals surface area contributed by atoms with E-state index in [4.69, 9.17) is 4.18 Å². The molecule has 1 aromatic carbocycles. The summed E-state index contributed by atoms with van der Waals surface area (Å²) in [6.07, 6.45) is 7.12. The van der Waals surface area contributed by atoms with Crippen molar-refractivity contribution in [2.45, 2.75) is 75.7 Å². The molecule has 21 heavy (non-hydrogen) atoms. The molecule has 1 atom stereocenters. The number of hydrogen-bond donors (Lipinski definition) is 0. The van der Waals surface area contributed by atoms with Gasteiger partial charge in [-0.3, -0.25) is 4.18 Å². The van der Waals surface area contributed by atoms with Crippen LogP contribution >= 0.6 is 0 Å². The summed E-state index contributed by atoms with van der Waals surface area (Å²) in [6, 6.07) is 7.19. The van der Waals surface area contributed by atoms with Crippen molar-refractivity contribution in [2.75, 3.05) is 0 Å². The SMILES string of the molecule is CCCC(C)c1ccc(S(=O)(=O)OC2CCCCC2)cc1. The van der Waals surface area contributed by atoms with E-state index in [0.717, 1.165) is 38.5 Å². The van der Waals surface area contributed by atoms with Crippen molar-refractivity contribution in [3.05, 3.63) is 29.8 Å². The minimum atomic E-state index is -3.61. The van der Waals surface area contributed by atoms with Crippen molar-refractivity contribution in [1.82, 2.24) is 0 Å². The van der Waals surface area contributed by atoms with E-state index in [1.165, 1.54) is 12.0 Å². The lowest BCUT2D eigenvalue weighted by Crippen LogP contribution is -2.21. The summed E-state index contributed by atoms with van der Waals surface area (Å²) in [4.78, 5) is 0.278. The summed E-state index contributed by atoms with van der Waals surface area (Å²) in [5.74, 6) is 0.464. The van der Waals surface area contributed by atoms with E-state index in [9.17, 15) is 8.42 Å². The maximum Gasteiger partial charge on any atom is 0.297 e. The van der Waals surface area contributed by atoms with Crippen molar-refractivity contribution in [3.8, 4) is 0 Å². The first kappa shape index (κ1) is 16.5. The molecule has 0 bridgehead atoms. The van der Waals surface area contributed by atoms with Gasteiger partial charge in [0, 0.05) is 0 Å². The molecule has 1 aliphatic rings. The van der Waals surface area contributed by atoms with Crippen molar-refractivity contribution >= 4 is 10.1 Å². The molecule has 1 aliphatic carbocycles. The lowest BCUT2D eigenvalue weighted by Gasteiger charge is -2.21. The molecule has 0 spiro atoms. The minimum Gasteiger partial charge on any atom is -0.263 e. The maximum absolute atomic E-state index is 12.3. The molecule has 0 heterocycles. The van der Waals surface area contributed by atoms with E-state index in [1.54, 1.807) is 12.1 Å². The smallest absolute Gasteiger partial charge is 0.263 e. The Balaban J connectivity index is 2.05. The fourth-order valence-electron chi connectivity index (χ4n) is 2.96. The molecular formula is C17H26O3S. The molecular weight excluding hydrogens is 284 g/mol. The van der Waals surface area contributed by atoms with Crippen LogP contribution in [-0.2, 0) is 14.3 Å². The first-order valence-corrected chi connectivity index (χ1v) is 9.47. The van der Waals surface area contributed by atoms with Crippen molar-refractivity contribution < 1.29 is 12.6 Å². The highest BCUT2D eigenvalue weighted by Crippen LogP contribution is 2.26. The van der Waals surface area contributed by atoms with Gasteiger partial charge in [-0.2, -0.15) is 8.42 Å². The van der Waals surface area contributed by atoms with Crippen LogP contribution in [0.3, 0.4) is 0 Å². The molecule has 1 saturated carbocycles. The predicted octanol–water partition coefficient (Wildman–Crippen LogP) is 4.63. The van der Waals surface area contributed by atoms with E-state index < -0.39 is 10.1 Å². The monoisotopic (exact) mass is 310 g/mol. The van der Waals surface area contributed by atoms with Gasteiger partial charge in [-0.25, -0.2) is 0 Å². The fourth-order valence-corrected chi connectivity index (χ4v) is 4.09. The third kappa shape index (κ3) is 4.55. The van der Waals surface area contributed by atoms with Gasteiger partial charge in [0.25, 0.3) is 10.1 Å². The Morgan fingerprint density at radius 2 is 1.76 bits per heavy atom. The normalized spacial score (nSPS) is 18.6. The van der Waals surface area contributed by atoms with Crippen LogP contribution in [-0.4, -0.2) is 14.5 Å². The average molecular weight is 310 g/mol. The molecule has 1 aromatic rings. The zero-order chi connectivity index (χ0) is 15.3. The highest BCUT2D eigenvalue weighted by atomic mass is 32.2. The summed E-state index contributed by atoms with van der Waals surface area (Å²) in [5.41, 5.74) is 1.19. The largest absolute Gasteiger partial charge is 0.297 e. The van der Waals surface area contributed by atoms with Crippen molar-refractivity contribution in [1.29, 1.82) is 0 Å². The van der Waals surface area contributed by atoms with Crippen LogP contribution in [0.2, 0.25) is 0 Å². The molecule has 0 N–H and O–H groups in total. The highest BCUT2D eigenvalue weighted by molar-refractivity contribution is 7.86. The van der Waals surface area contributed by atoms with Crippen LogP contribution in [0.4, 0.5) is 0 Å². The molecule has 2 rings (SSSR count). The summed E-state index contributed by atoms with van der Waals surface area (Å²) in [6.45, 7) is 4.33. The van der Waals surface area contributed by atoms with Gasteiger partial charge in [-0.1, -0.05) is 51.7 Å². The van der Waals surface area contributed by atoms with Crippen molar-refractivity contribution in [2.24, 2.45) is 0 Å². The van der Waals surface area contributed by atoms with Crippen LogP contribution in [0, 0.1) is 0 Å². The minimum absolute atomic E-state index is 0.137. The van der Waals surface area contributed by atoms with Gasteiger partial charge < -0.3 is 0 Å². The van der Waals surface area contributed by atoms with Crippen LogP contribution in [0.15, 0.2) is 29.2 Å². The maximum atomic E-state index is 12.3. The molecule has 0 aromatic heterocycles. The molecule has 0 radical (unpaired) electrons. The third-order valence-electron chi connectivity index (χ3n) is 4.27. The molecule has 4 heteroatoms. The van der Waals surface area contributed by atoms with Crippen molar-refractivity contribution in [3.63, 3.8) is 0 Å². The molecule has 0 saturated heterocycles. The summed E-state index contributed by atoms with van der Waals surface area (Å²) in [5, 5.41) is 0. The number of benzene rings is 1. The number of hydrogen-bond acceptors (Lipinski definition) is 3. The van der Waals surface area contributed by atoms with E-state index >= 15 is 0 Å². The van der Waals surface area contributed by atoms with Gasteiger partial charge in [0.1, 0.15) is 0 Å². The van der Waals surface area contributed by atoms with Gasteiger partial charge in [0.05, 0.1) is 11.0 Å². The second-order valence-corrected chi connectivity index (χ2v) is 7.64. The molecule has 1 fully saturated rings. The molecule has 0 amide bonds. The Hall–Kier alpha value is -0.870. The Labute approximate surface area is 128 Å². The molecule has 0 aliphatic heterocycles. The second kappa shape index (κ2) is 7.41. The lowest BCUT2D eigenvalue weighted by atomic mass is 9.97. The van der Waals surface area contributed by atoms with Gasteiger partial charge >= 0.3 is 0 Å². The molecule has 1 unspecified atom stereocenters. The van der Waals surface area contributed by atoms with Crippen LogP contribution < -0.4 is 0 Å². The van der Waals surface area contributed by atoms with E-state index in [-0.39, 0.29) is 11.0 Å². The van der Waals surface area contributed by atoms with Crippen LogP contribution in [0.5, 0.6) is 0 Å². The van der Waals surface area contributed by atoms with Gasteiger partial charge in [-0.05, 0) is 42.9 Å². The zero-order valence-electron chi connectivity index (χ0n) is 13.0. The standard InChI is InChI=1S/C17H26O3S/c1-3-7-14(2)15-10-12-17(13-11-15)21(18,19)20-16-8-5-4-6-9-16/h10-14,16H,3-9H2,1-2H3. The lowest BCUT2D eigenvalue weighted by molar-refractivity contribution is 0.162. The zero-order valence-corrected chi connectivity index (χ0v) is 13.9. The van der Waals surface area contributed by atoms with E-state index in [0.29, 0.717) is 5.92 Å².